The summed E-state index contributed by atoms with van der Waals surface area (Å²) in [5.41, 5.74) is 11.5. The molecule has 0 fully saturated rings. The molecule has 3 aromatic rings. The topological polar surface area (TPSA) is 80.8 Å². The van der Waals surface area contributed by atoms with Crippen molar-refractivity contribution in [1.82, 2.24) is 9.88 Å². The Hall–Kier alpha value is -2.97. The third-order valence-corrected chi connectivity index (χ3v) is 6.27. The van der Waals surface area contributed by atoms with Gasteiger partial charge in [0, 0.05) is 53.0 Å². The summed E-state index contributed by atoms with van der Waals surface area (Å²) in [6.45, 7) is 3.66. The fraction of sp³-hybridized carbons (Fsp3) is 0.320. The summed E-state index contributed by atoms with van der Waals surface area (Å²) in [7, 11) is -0.270. The quantitative estimate of drug-likeness (QED) is 0.546. The van der Waals surface area contributed by atoms with E-state index < -0.39 is 9.73 Å². The number of nitrogens with zero attached hydrogens (tertiary/aromatic N) is 3. The van der Waals surface area contributed by atoms with Crippen LogP contribution < -0.4 is 10.5 Å². The lowest BCUT2D eigenvalue weighted by molar-refractivity contribution is 0.291. The molecule has 2 heterocycles. The minimum Gasteiger partial charge on any atom is -0.489 e. The number of fused-ring (bicyclic) bond motifs is 5. The van der Waals surface area contributed by atoms with Crippen LogP contribution in [-0.4, -0.2) is 40.3 Å². The number of pyridine rings is 1. The number of benzene rings is 2. The molecule has 1 aromatic heterocycles. The molecule has 2 N–H and O–H groups in total. The lowest BCUT2D eigenvalue weighted by Gasteiger charge is -2.22. The molecule has 0 spiro atoms. The molecule has 2 bridgehead atoms. The van der Waals surface area contributed by atoms with Crippen LogP contribution in [0.25, 0.3) is 11.1 Å². The highest BCUT2D eigenvalue weighted by atomic mass is 32.2. The summed E-state index contributed by atoms with van der Waals surface area (Å²) in [5, 5.41) is 0. The van der Waals surface area contributed by atoms with Gasteiger partial charge in [-0.05, 0) is 59.6 Å². The fourth-order valence-corrected chi connectivity index (χ4v) is 4.73. The molecule has 33 heavy (non-hydrogen) atoms. The fourth-order valence-electron chi connectivity index (χ4n) is 4.11. The number of rotatable bonds is 1. The summed E-state index contributed by atoms with van der Waals surface area (Å²) in [4.78, 5) is 6.54. The Morgan fingerprint density at radius 2 is 1.88 bits per heavy atom. The standard InChI is InChI=1S/C25H29FN4O2S/c1-16-15-32-24-9-19(12-28-25(24)27)23-11-21(29-33(3,4)31)8-6-18(23)14-30(2)13-17-5-7-20(26)10-22(16)17/h5-12,16H,13-15H2,1-4H3,(H2,27,28)/t16-/m0/s1. The van der Waals surface area contributed by atoms with Gasteiger partial charge in [0.15, 0.2) is 11.6 Å². The second-order valence-corrected chi connectivity index (χ2v) is 11.5. The molecule has 0 radical (unpaired) electrons. The minimum absolute atomic E-state index is 0.0389. The lowest BCUT2D eigenvalue weighted by Crippen LogP contribution is -2.20. The number of anilines is 1. The van der Waals surface area contributed by atoms with Crippen LogP contribution in [0.5, 0.6) is 5.75 Å². The molecule has 0 unspecified atom stereocenters. The molecule has 174 valence electrons. The summed E-state index contributed by atoms with van der Waals surface area (Å²) < 4.78 is 36.8. The van der Waals surface area contributed by atoms with Crippen LogP contribution in [0.2, 0.25) is 0 Å². The van der Waals surface area contributed by atoms with Gasteiger partial charge >= 0.3 is 0 Å². The van der Waals surface area contributed by atoms with E-state index >= 15 is 0 Å². The normalized spacial score (nSPS) is 16.9. The van der Waals surface area contributed by atoms with E-state index in [0.29, 0.717) is 37.0 Å². The maximum absolute atomic E-state index is 14.1. The Morgan fingerprint density at radius 1 is 1.15 bits per heavy atom. The van der Waals surface area contributed by atoms with E-state index in [2.05, 4.69) is 14.2 Å². The van der Waals surface area contributed by atoms with Crippen LogP contribution in [0.15, 0.2) is 53.0 Å². The number of aromatic nitrogens is 1. The molecule has 1 aliphatic rings. The number of hydrogen-bond donors (Lipinski definition) is 1. The molecule has 0 saturated heterocycles. The average molecular weight is 469 g/mol. The molecular formula is C25H29FN4O2S. The van der Waals surface area contributed by atoms with Crippen molar-refractivity contribution < 1.29 is 13.3 Å². The first-order chi connectivity index (χ1) is 15.6. The molecule has 6 nitrogen and oxygen atoms in total. The Bertz CT molecular complexity index is 1310. The van der Waals surface area contributed by atoms with Gasteiger partial charge in [0.2, 0.25) is 0 Å². The lowest BCUT2D eigenvalue weighted by atomic mass is 9.95. The van der Waals surface area contributed by atoms with Crippen LogP contribution >= 0.6 is 0 Å². The number of nitrogen functional groups attached to an aromatic ring is 1. The molecule has 1 atom stereocenters. The SMILES string of the molecule is C[C@H]1COc2cc(cnc2N)-c2cc(N=S(C)(C)=O)ccc2CN(C)Cc2ccc(F)cc21. The second-order valence-electron chi connectivity index (χ2n) is 8.95. The predicted molar refractivity (Wildman–Crippen MR) is 132 cm³/mol. The van der Waals surface area contributed by atoms with Crippen molar-refractivity contribution >= 4 is 21.2 Å². The number of hydrogen-bond acceptors (Lipinski definition) is 6. The number of ether oxygens (including phenoxy) is 1. The molecule has 8 heteroatoms. The van der Waals surface area contributed by atoms with Crippen LogP contribution in [-0.2, 0) is 22.8 Å². The maximum Gasteiger partial charge on any atom is 0.166 e. The second kappa shape index (κ2) is 9.11. The molecule has 0 amide bonds. The Kier molecular flexibility index (Phi) is 6.41. The zero-order chi connectivity index (χ0) is 23.8. The van der Waals surface area contributed by atoms with Crippen molar-refractivity contribution in [3.63, 3.8) is 0 Å². The largest absolute Gasteiger partial charge is 0.489 e. The van der Waals surface area contributed by atoms with E-state index in [4.69, 9.17) is 10.5 Å². The zero-order valence-corrected chi connectivity index (χ0v) is 20.2. The predicted octanol–water partition coefficient (Wildman–Crippen LogP) is 4.96. The monoisotopic (exact) mass is 468 g/mol. The van der Waals surface area contributed by atoms with E-state index in [1.165, 1.54) is 6.07 Å². The van der Waals surface area contributed by atoms with Crippen LogP contribution in [0.1, 0.15) is 29.5 Å². The van der Waals surface area contributed by atoms with Gasteiger partial charge in [0.25, 0.3) is 0 Å². The molecule has 0 aliphatic carbocycles. The molecule has 4 rings (SSSR count). The van der Waals surface area contributed by atoms with Crippen molar-refractivity contribution in [2.45, 2.75) is 25.9 Å². The summed E-state index contributed by atoms with van der Waals surface area (Å²) in [6, 6.07) is 12.6. The van der Waals surface area contributed by atoms with Crippen molar-refractivity contribution in [2.75, 3.05) is 31.9 Å². The summed E-state index contributed by atoms with van der Waals surface area (Å²) in [6.07, 6.45) is 4.94. The Balaban J connectivity index is 1.87. The van der Waals surface area contributed by atoms with E-state index in [9.17, 15) is 8.60 Å². The first-order valence-electron chi connectivity index (χ1n) is 10.7. The highest BCUT2D eigenvalue weighted by molar-refractivity contribution is 7.92. The van der Waals surface area contributed by atoms with Gasteiger partial charge in [-0.3, -0.25) is 4.90 Å². The maximum atomic E-state index is 14.1. The highest BCUT2D eigenvalue weighted by Gasteiger charge is 2.18. The van der Waals surface area contributed by atoms with Crippen molar-refractivity contribution in [2.24, 2.45) is 4.36 Å². The van der Waals surface area contributed by atoms with Gasteiger partial charge in [-0.25, -0.2) is 13.6 Å². The molecule has 0 saturated carbocycles. The highest BCUT2D eigenvalue weighted by Crippen LogP contribution is 2.34. The first kappa shape index (κ1) is 23.2. The van der Waals surface area contributed by atoms with E-state index in [0.717, 1.165) is 27.8 Å². The number of nitrogens with two attached hydrogens (primary N) is 1. The third-order valence-electron chi connectivity index (χ3n) is 5.62. The first-order valence-corrected chi connectivity index (χ1v) is 13.1. The van der Waals surface area contributed by atoms with Gasteiger partial charge in [0.1, 0.15) is 5.82 Å². The Labute approximate surface area is 194 Å². The van der Waals surface area contributed by atoms with Crippen LogP contribution in [0, 0.1) is 5.82 Å². The summed E-state index contributed by atoms with van der Waals surface area (Å²) >= 11 is 0. The van der Waals surface area contributed by atoms with Gasteiger partial charge in [-0.2, -0.15) is 4.36 Å². The van der Waals surface area contributed by atoms with E-state index in [-0.39, 0.29) is 11.7 Å². The Morgan fingerprint density at radius 3 is 2.64 bits per heavy atom. The van der Waals surface area contributed by atoms with Gasteiger partial charge in [0.05, 0.1) is 12.3 Å². The smallest absolute Gasteiger partial charge is 0.166 e. The van der Waals surface area contributed by atoms with E-state index in [1.54, 1.807) is 24.8 Å². The third kappa shape index (κ3) is 5.51. The van der Waals surface area contributed by atoms with Crippen molar-refractivity contribution in [3.05, 3.63) is 71.2 Å². The van der Waals surface area contributed by atoms with Gasteiger partial charge in [-0.15, -0.1) is 0 Å². The number of halogens is 1. The average Bonchev–Trinajstić information content (AvgIpc) is 2.74. The molecular weight excluding hydrogens is 439 g/mol. The van der Waals surface area contributed by atoms with Gasteiger partial charge < -0.3 is 10.5 Å². The van der Waals surface area contributed by atoms with Crippen LogP contribution in [0.3, 0.4) is 0 Å². The van der Waals surface area contributed by atoms with Crippen molar-refractivity contribution in [1.29, 1.82) is 0 Å². The minimum atomic E-state index is -2.31. The zero-order valence-electron chi connectivity index (χ0n) is 19.3. The molecule has 2 aromatic carbocycles. The van der Waals surface area contributed by atoms with Crippen molar-refractivity contribution in [3.8, 4) is 16.9 Å². The van der Waals surface area contributed by atoms with E-state index in [1.807, 2.05) is 44.3 Å². The molecule has 1 aliphatic heterocycles. The van der Waals surface area contributed by atoms with Gasteiger partial charge in [-0.1, -0.05) is 19.1 Å². The van der Waals surface area contributed by atoms with Crippen LogP contribution in [0.4, 0.5) is 15.9 Å². The summed E-state index contributed by atoms with van der Waals surface area (Å²) in [5.74, 6) is 0.474.